The summed E-state index contributed by atoms with van der Waals surface area (Å²) in [5.41, 5.74) is 2.48. The fourth-order valence-electron chi connectivity index (χ4n) is 3.51. The van der Waals surface area contributed by atoms with Crippen molar-refractivity contribution in [3.63, 3.8) is 0 Å². The number of methoxy groups -OCH3 is 1. The van der Waals surface area contributed by atoms with Crippen LogP contribution in [0.5, 0.6) is 5.75 Å². The highest BCUT2D eigenvalue weighted by atomic mass is 32.1. The lowest BCUT2D eigenvalue weighted by Crippen LogP contribution is -2.49. The van der Waals surface area contributed by atoms with Crippen molar-refractivity contribution in [2.75, 3.05) is 30.4 Å². The number of urea groups is 1. The third kappa shape index (κ3) is 4.46. The number of amides is 3. The Morgan fingerprint density at radius 2 is 1.97 bits per heavy atom. The number of thiophene rings is 1. The molecule has 1 N–H and O–H groups in total. The standard InChI is InChI=1S/C23H23N3O3S/c1-29-20-9-2-6-17(14-20)16-25-11-5-12-26(23(25)28)19-8-3-7-18(15-19)24-22(27)21-10-4-13-30-21/h2-4,6-10,13-15H,5,11-12,16H2,1H3,(H,24,27). The summed E-state index contributed by atoms with van der Waals surface area (Å²) in [6, 6.07) is 18.8. The lowest BCUT2D eigenvalue weighted by molar-refractivity contribution is 0.103. The third-order valence-electron chi connectivity index (χ3n) is 4.98. The number of benzene rings is 2. The van der Waals surface area contributed by atoms with Crippen molar-refractivity contribution in [1.29, 1.82) is 0 Å². The minimum Gasteiger partial charge on any atom is -0.497 e. The molecule has 3 aromatic rings. The van der Waals surface area contributed by atoms with Crippen molar-refractivity contribution >= 4 is 34.6 Å². The highest BCUT2D eigenvalue weighted by Gasteiger charge is 2.27. The van der Waals surface area contributed by atoms with Crippen molar-refractivity contribution < 1.29 is 14.3 Å². The summed E-state index contributed by atoms with van der Waals surface area (Å²) in [4.78, 5) is 29.7. The molecule has 1 aliphatic heterocycles. The van der Waals surface area contributed by atoms with Crippen LogP contribution in [-0.4, -0.2) is 37.0 Å². The molecule has 2 aromatic carbocycles. The monoisotopic (exact) mass is 421 g/mol. The van der Waals surface area contributed by atoms with E-state index in [0.717, 1.165) is 23.4 Å². The van der Waals surface area contributed by atoms with Crippen LogP contribution >= 0.6 is 11.3 Å². The van der Waals surface area contributed by atoms with Gasteiger partial charge in [-0.15, -0.1) is 11.3 Å². The summed E-state index contributed by atoms with van der Waals surface area (Å²) in [6.45, 7) is 1.89. The van der Waals surface area contributed by atoms with E-state index >= 15 is 0 Å². The van der Waals surface area contributed by atoms with Gasteiger partial charge in [-0.3, -0.25) is 9.69 Å². The van der Waals surface area contributed by atoms with Gasteiger partial charge in [0.2, 0.25) is 0 Å². The second-order valence-electron chi connectivity index (χ2n) is 7.04. The molecule has 2 heterocycles. The molecule has 3 amide bonds. The predicted molar refractivity (Wildman–Crippen MR) is 119 cm³/mol. The predicted octanol–water partition coefficient (Wildman–Crippen LogP) is 4.84. The number of rotatable bonds is 6. The van der Waals surface area contributed by atoms with E-state index in [1.54, 1.807) is 18.1 Å². The van der Waals surface area contributed by atoms with Gasteiger partial charge in [-0.2, -0.15) is 0 Å². The zero-order chi connectivity index (χ0) is 20.9. The van der Waals surface area contributed by atoms with E-state index < -0.39 is 0 Å². The average molecular weight is 422 g/mol. The Kier molecular flexibility index (Phi) is 5.99. The SMILES string of the molecule is COc1cccc(CN2CCCN(c3cccc(NC(=O)c4cccs4)c3)C2=O)c1. The topological polar surface area (TPSA) is 61.9 Å². The van der Waals surface area contributed by atoms with E-state index in [-0.39, 0.29) is 11.9 Å². The minimum absolute atomic E-state index is 0.0363. The molecule has 1 fully saturated rings. The molecule has 6 nitrogen and oxygen atoms in total. The van der Waals surface area contributed by atoms with Crippen LogP contribution in [0.2, 0.25) is 0 Å². The van der Waals surface area contributed by atoms with E-state index in [1.165, 1.54) is 11.3 Å². The molecule has 0 spiro atoms. The van der Waals surface area contributed by atoms with Gasteiger partial charge in [-0.25, -0.2) is 4.79 Å². The number of hydrogen-bond acceptors (Lipinski definition) is 4. The molecule has 0 unspecified atom stereocenters. The minimum atomic E-state index is -0.147. The number of hydrogen-bond donors (Lipinski definition) is 1. The van der Waals surface area contributed by atoms with Gasteiger partial charge in [-0.1, -0.05) is 24.3 Å². The smallest absolute Gasteiger partial charge is 0.324 e. The first-order chi connectivity index (χ1) is 14.6. The maximum atomic E-state index is 13.1. The second kappa shape index (κ2) is 9.00. The van der Waals surface area contributed by atoms with Crippen LogP contribution in [0.15, 0.2) is 66.0 Å². The van der Waals surface area contributed by atoms with Gasteiger partial charge in [-0.05, 0) is 53.8 Å². The van der Waals surface area contributed by atoms with Crippen molar-refractivity contribution in [2.45, 2.75) is 13.0 Å². The molecule has 0 saturated carbocycles. The van der Waals surface area contributed by atoms with Crippen LogP contribution < -0.4 is 15.0 Å². The van der Waals surface area contributed by atoms with Crippen LogP contribution in [0.3, 0.4) is 0 Å². The van der Waals surface area contributed by atoms with Gasteiger partial charge in [0.15, 0.2) is 0 Å². The van der Waals surface area contributed by atoms with Crippen molar-refractivity contribution in [3.8, 4) is 5.75 Å². The molecule has 0 radical (unpaired) electrons. The Bertz CT molecular complexity index is 1040. The number of nitrogens with one attached hydrogen (secondary N) is 1. The molecule has 0 aliphatic carbocycles. The summed E-state index contributed by atoms with van der Waals surface area (Å²) in [7, 11) is 1.64. The van der Waals surface area contributed by atoms with Crippen LogP contribution in [0, 0.1) is 0 Å². The number of carbonyl (C=O) groups is 2. The van der Waals surface area contributed by atoms with Crippen molar-refractivity contribution in [1.82, 2.24) is 4.90 Å². The molecule has 4 rings (SSSR count). The Balaban J connectivity index is 1.48. The normalized spacial score (nSPS) is 14.0. The molecule has 7 heteroatoms. The molecule has 1 saturated heterocycles. The highest BCUT2D eigenvalue weighted by Crippen LogP contribution is 2.25. The average Bonchev–Trinajstić information content (AvgIpc) is 3.31. The van der Waals surface area contributed by atoms with Crippen LogP contribution in [-0.2, 0) is 6.54 Å². The van der Waals surface area contributed by atoms with Gasteiger partial charge < -0.3 is 15.0 Å². The summed E-state index contributed by atoms with van der Waals surface area (Å²) >= 11 is 1.39. The van der Waals surface area contributed by atoms with Gasteiger partial charge in [0.25, 0.3) is 5.91 Å². The molecule has 1 aromatic heterocycles. The van der Waals surface area contributed by atoms with Crippen molar-refractivity contribution in [2.24, 2.45) is 0 Å². The lowest BCUT2D eigenvalue weighted by atomic mass is 10.1. The quantitative estimate of drug-likeness (QED) is 0.619. The summed E-state index contributed by atoms with van der Waals surface area (Å²) in [6.07, 6.45) is 0.876. The van der Waals surface area contributed by atoms with Crippen molar-refractivity contribution in [3.05, 3.63) is 76.5 Å². The number of anilines is 2. The number of ether oxygens (including phenoxy) is 1. The fraction of sp³-hybridized carbons (Fsp3) is 0.217. The van der Waals surface area contributed by atoms with E-state index in [4.69, 9.17) is 4.74 Å². The second-order valence-corrected chi connectivity index (χ2v) is 7.99. The van der Waals surface area contributed by atoms with Gasteiger partial charge in [0, 0.05) is 31.0 Å². The molecule has 1 aliphatic rings. The highest BCUT2D eigenvalue weighted by molar-refractivity contribution is 7.12. The summed E-state index contributed by atoms with van der Waals surface area (Å²) in [5.74, 6) is 0.634. The largest absolute Gasteiger partial charge is 0.497 e. The first kappa shape index (κ1) is 20.0. The zero-order valence-corrected chi connectivity index (χ0v) is 17.5. The molecular formula is C23H23N3O3S. The summed E-state index contributed by atoms with van der Waals surface area (Å²) < 4.78 is 5.29. The summed E-state index contributed by atoms with van der Waals surface area (Å²) in [5, 5.41) is 4.78. The van der Waals surface area contributed by atoms with E-state index in [2.05, 4.69) is 5.32 Å². The first-order valence-electron chi connectivity index (χ1n) is 9.78. The first-order valence-corrected chi connectivity index (χ1v) is 10.7. The maximum absolute atomic E-state index is 13.1. The Hall–Kier alpha value is -3.32. The van der Waals surface area contributed by atoms with E-state index in [9.17, 15) is 9.59 Å². The Morgan fingerprint density at radius 1 is 1.10 bits per heavy atom. The third-order valence-corrected chi connectivity index (χ3v) is 5.85. The molecule has 0 bridgehead atoms. The maximum Gasteiger partial charge on any atom is 0.324 e. The van der Waals surface area contributed by atoms with E-state index in [1.807, 2.05) is 64.9 Å². The fourth-order valence-corrected chi connectivity index (χ4v) is 4.13. The van der Waals surface area contributed by atoms with Gasteiger partial charge in [0.1, 0.15) is 5.75 Å². The Labute approximate surface area is 179 Å². The lowest BCUT2D eigenvalue weighted by Gasteiger charge is -2.36. The van der Waals surface area contributed by atoms with Crippen LogP contribution in [0.4, 0.5) is 16.2 Å². The molecule has 30 heavy (non-hydrogen) atoms. The van der Waals surface area contributed by atoms with Crippen LogP contribution in [0.25, 0.3) is 0 Å². The van der Waals surface area contributed by atoms with E-state index in [0.29, 0.717) is 30.2 Å². The van der Waals surface area contributed by atoms with Gasteiger partial charge in [0.05, 0.1) is 12.0 Å². The number of nitrogens with zero attached hydrogens (tertiary/aromatic N) is 2. The molecular weight excluding hydrogens is 398 g/mol. The zero-order valence-electron chi connectivity index (χ0n) is 16.7. The van der Waals surface area contributed by atoms with Crippen LogP contribution in [0.1, 0.15) is 21.7 Å². The molecule has 154 valence electrons. The molecule has 0 atom stereocenters. The van der Waals surface area contributed by atoms with Gasteiger partial charge >= 0.3 is 6.03 Å². The number of carbonyl (C=O) groups excluding carboxylic acids is 2. The Morgan fingerprint density at radius 3 is 2.77 bits per heavy atom.